The third-order valence-electron chi connectivity index (χ3n) is 3.86. The van der Waals surface area contributed by atoms with Gasteiger partial charge in [0.2, 0.25) is 0 Å². The molecule has 0 saturated carbocycles. The highest BCUT2D eigenvalue weighted by Gasteiger charge is 2.18. The lowest BCUT2D eigenvalue weighted by atomic mass is 9.92. The molecule has 1 unspecified atom stereocenters. The predicted octanol–water partition coefficient (Wildman–Crippen LogP) is 4.01. The van der Waals surface area contributed by atoms with Crippen LogP contribution in [-0.4, -0.2) is 12.2 Å². The molecule has 106 valence electrons. The molecule has 0 aliphatic rings. The minimum atomic E-state index is -0.663. The normalized spacial score (nSPS) is 12.3. The molecule has 0 aliphatic heterocycles. The Hall–Kier alpha value is -1.80. The molecule has 0 heterocycles. The summed E-state index contributed by atoms with van der Waals surface area (Å²) in [6.07, 6.45) is -0.663. The first kappa shape index (κ1) is 14.6. The summed E-state index contributed by atoms with van der Waals surface area (Å²) < 4.78 is 5.38. The first-order valence-corrected chi connectivity index (χ1v) is 6.84. The van der Waals surface area contributed by atoms with Crippen molar-refractivity contribution in [2.45, 2.75) is 33.8 Å². The van der Waals surface area contributed by atoms with Crippen LogP contribution in [0.4, 0.5) is 0 Å². The van der Waals surface area contributed by atoms with Crippen molar-refractivity contribution >= 4 is 0 Å². The Balaban J connectivity index is 2.54. The minimum absolute atomic E-state index is 0.663. The first-order valence-electron chi connectivity index (χ1n) is 6.84. The highest BCUT2D eigenvalue weighted by molar-refractivity contribution is 5.46. The molecule has 0 bridgehead atoms. The molecule has 1 N–H and O–H groups in total. The van der Waals surface area contributed by atoms with Crippen molar-refractivity contribution in [2.75, 3.05) is 7.11 Å². The minimum Gasteiger partial charge on any atom is -0.496 e. The second kappa shape index (κ2) is 5.68. The summed E-state index contributed by atoms with van der Waals surface area (Å²) in [5.74, 6) is 0.723. The zero-order chi connectivity index (χ0) is 14.9. The average molecular weight is 270 g/mol. The predicted molar refractivity (Wildman–Crippen MR) is 82.4 cm³/mol. The lowest BCUT2D eigenvalue weighted by Gasteiger charge is -2.19. The Morgan fingerprint density at radius 3 is 2.15 bits per heavy atom. The largest absolute Gasteiger partial charge is 0.496 e. The number of hydrogen-bond acceptors (Lipinski definition) is 2. The van der Waals surface area contributed by atoms with E-state index in [4.69, 9.17) is 4.74 Å². The van der Waals surface area contributed by atoms with E-state index in [0.29, 0.717) is 0 Å². The van der Waals surface area contributed by atoms with Crippen LogP contribution in [0.25, 0.3) is 0 Å². The van der Waals surface area contributed by atoms with Crippen LogP contribution in [0.1, 0.15) is 39.5 Å². The fourth-order valence-corrected chi connectivity index (χ4v) is 2.51. The topological polar surface area (TPSA) is 29.5 Å². The molecule has 0 aromatic heterocycles. The number of rotatable bonds is 3. The maximum absolute atomic E-state index is 10.7. The molecule has 2 aromatic carbocycles. The van der Waals surface area contributed by atoms with Crippen LogP contribution in [-0.2, 0) is 0 Å². The Morgan fingerprint density at radius 1 is 0.850 bits per heavy atom. The second-order valence-electron chi connectivity index (χ2n) is 5.44. The van der Waals surface area contributed by atoms with Crippen LogP contribution in [0, 0.1) is 27.7 Å². The van der Waals surface area contributed by atoms with Crippen molar-refractivity contribution in [1.82, 2.24) is 0 Å². The number of hydrogen-bond donors (Lipinski definition) is 1. The van der Waals surface area contributed by atoms with Crippen LogP contribution < -0.4 is 4.74 Å². The van der Waals surface area contributed by atoms with Gasteiger partial charge in [0, 0.05) is 5.56 Å². The molecule has 2 aromatic rings. The van der Waals surface area contributed by atoms with Crippen molar-refractivity contribution in [3.8, 4) is 5.75 Å². The molecular formula is C18H22O2. The van der Waals surface area contributed by atoms with Gasteiger partial charge in [-0.15, -0.1) is 0 Å². The molecule has 20 heavy (non-hydrogen) atoms. The zero-order valence-electron chi connectivity index (χ0n) is 12.8. The lowest BCUT2D eigenvalue weighted by Crippen LogP contribution is -2.06. The maximum Gasteiger partial charge on any atom is 0.125 e. The van der Waals surface area contributed by atoms with Gasteiger partial charge in [0.05, 0.1) is 7.11 Å². The molecule has 0 spiro atoms. The van der Waals surface area contributed by atoms with Crippen molar-refractivity contribution in [3.63, 3.8) is 0 Å². The van der Waals surface area contributed by atoms with Crippen LogP contribution in [0.5, 0.6) is 5.75 Å². The summed E-state index contributed by atoms with van der Waals surface area (Å²) in [4.78, 5) is 0. The van der Waals surface area contributed by atoms with Gasteiger partial charge in [-0.3, -0.25) is 0 Å². The van der Waals surface area contributed by atoms with Crippen molar-refractivity contribution in [1.29, 1.82) is 0 Å². The summed E-state index contributed by atoms with van der Waals surface area (Å²) in [6.45, 7) is 8.21. The molecule has 0 radical (unpaired) electrons. The zero-order valence-corrected chi connectivity index (χ0v) is 12.8. The summed E-state index contributed by atoms with van der Waals surface area (Å²) in [7, 11) is 1.63. The summed E-state index contributed by atoms with van der Waals surface area (Å²) >= 11 is 0. The van der Waals surface area contributed by atoms with E-state index in [1.54, 1.807) is 7.11 Å². The maximum atomic E-state index is 10.7. The van der Waals surface area contributed by atoms with E-state index >= 15 is 0 Å². The Morgan fingerprint density at radius 2 is 1.50 bits per heavy atom. The van der Waals surface area contributed by atoms with Gasteiger partial charge in [-0.2, -0.15) is 0 Å². The Bertz CT molecular complexity index is 630. The van der Waals surface area contributed by atoms with Crippen molar-refractivity contribution in [2.24, 2.45) is 0 Å². The van der Waals surface area contributed by atoms with E-state index in [9.17, 15) is 5.11 Å². The van der Waals surface area contributed by atoms with Gasteiger partial charge < -0.3 is 9.84 Å². The highest BCUT2D eigenvalue weighted by Crippen LogP contribution is 2.33. The van der Waals surface area contributed by atoms with Gasteiger partial charge in [-0.05, 0) is 62.1 Å². The van der Waals surface area contributed by atoms with Gasteiger partial charge in [0.1, 0.15) is 11.9 Å². The molecule has 0 saturated heterocycles. The van der Waals surface area contributed by atoms with Crippen molar-refractivity contribution < 1.29 is 9.84 Å². The van der Waals surface area contributed by atoms with E-state index in [-0.39, 0.29) is 0 Å². The van der Waals surface area contributed by atoms with E-state index < -0.39 is 6.10 Å². The quantitative estimate of drug-likeness (QED) is 0.913. The number of aliphatic hydroxyl groups excluding tert-OH is 1. The number of methoxy groups -OCH3 is 1. The van der Waals surface area contributed by atoms with E-state index in [1.807, 2.05) is 32.0 Å². The molecule has 2 heteroatoms. The van der Waals surface area contributed by atoms with Gasteiger partial charge in [-0.1, -0.05) is 23.8 Å². The molecule has 0 aliphatic carbocycles. The van der Waals surface area contributed by atoms with Crippen molar-refractivity contribution in [3.05, 3.63) is 63.7 Å². The number of benzene rings is 2. The van der Waals surface area contributed by atoms with Gasteiger partial charge in [0.25, 0.3) is 0 Å². The third kappa shape index (κ3) is 2.70. The summed E-state index contributed by atoms with van der Waals surface area (Å²) in [5, 5.41) is 10.7. The van der Waals surface area contributed by atoms with E-state index in [0.717, 1.165) is 28.0 Å². The number of ether oxygens (including phenoxy) is 1. The summed E-state index contributed by atoms with van der Waals surface area (Å²) in [5.41, 5.74) is 6.41. The van der Waals surface area contributed by atoms with E-state index in [2.05, 4.69) is 26.0 Å². The van der Waals surface area contributed by atoms with Gasteiger partial charge >= 0.3 is 0 Å². The van der Waals surface area contributed by atoms with Crippen LogP contribution >= 0.6 is 0 Å². The smallest absolute Gasteiger partial charge is 0.125 e. The molecule has 2 rings (SSSR count). The van der Waals surface area contributed by atoms with Crippen LogP contribution in [0.3, 0.4) is 0 Å². The molecule has 0 amide bonds. The Kier molecular flexibility index (Phi) is 4.15. The van der Waals surface area contributed by atoms with Crippen LogP contribution in [0.2, 0.25) is 0 Å². The van der Waals surface area contributed by atoms with Gasteiger partial charge in [0.15, 0.2) is 0 Å². The second-order valence-corrected chi connectivity index (χ2v) is 5.44. The summed E-state index contributed by atoms with van der Waals surface area (Å²) in [6, 6.07) is 10.1. The lowest BCUT2D eigenvalue weighted by molar-refractivity contribution is 0.214. The standard InChI is InChI=1S/C18H22O2/c1-11-6-7-17(20-5)16(8-11)18(19)15-10-13(3)12(2)9-14(15)4/h6-10,18-19H,1-5H3. The molecule has 1 atom stereocenters. The SMILES string of the molecule is COc1ccc(C)cc1C(O)c1cc(C)c(C)cc1C. The number of aliphatic hydroxyl groups is 1. The van der Waals surface area contributed by atoms with Gasteiger partial charge in [-0.25, -0.2) is 0 Å². The molecular weight excluding hydrogens is 248 g/mol. The number of aryl methyl sites for hydroxylation is 4. The Labute approximate surface area is 121 Å². The fraction of sp³-hybridized carbons (Fsp3) is 0.333. The average Bonchev–Trinajstić information content (AvgIpc) is 2.42. The highest BCUT2D eigenvalue weighted by atomic mass is 16.5. The third-order valence-corrected chi connectivity index (χ3v) is 3.86. The van der Waals surface area contributed by atoms with E-state index in [1.165, 1.54) is 11.1 Å². The first-order chi connectivity index (χ1) is 9.43. The fourth-order valence-electron chi connectivity index (χ4n) is 2.51. The van der Waals surface area contributed by atoms with Crippen LogP contribution in [0.15, 0.2) is 30.3 Å². The molecule has 0 fully saturated rings. The monoisotopic (exact) mass is 270 g/mol. The molecule has 2 nitrogen and oxygen atoms in total.